The van der Waals surface area contributed by atoms with Crippen LogP contribution in [0.25, 0.3) is 10.9 Å². The number of nitrogens with one attached hydrogen (secondary N) is 1. The molecule has 1 aromatic carbocycles. The number of aryl methyl sites for hydroxylation is 1. The number of fused-ring (bicyclic) bond motifs is 1. The van der Waals surface area contributed by atoms with Gasteiger partial charge < -0.3 is 10.7 Å². The Labute approximate surface area is 103 Å². The van der Waals surface area contributed by atoms with Crippen molar-refractivity contribution >= 4 is 10.9 Å². The van der Waals surface area contributed by atoms with Gasteiger partial charge in [-0.3, -0.25) is 0 Å². The van der Waals surface area contributed by atoms with Gasteiger partial charge in [0.2, 0.25) is 0 Å². The Balaban J connectivity index is 1.91. The van der Waals surface area contributed by atoms with E-state index in [2.05, 4.69) is 49.3 Å². The Morgan fingerprint density at radius 3 is 2.71 bits per heavy atom. The van der Waals surface area contributed by atoms with E-state index in [1.165, 1.54) is 29.3 Å². The third-order valence-electron chi connectivity index (χ3n) is 3.19. The zero-order valence-corrected chi connectivity index (χ0v) is 10.8. The Hall–Kier alpha value is -1.28. The fourth-order valence-electron chi connectivity index (χ4n) is 2.23. The van der Waals surface area contributed by atoms with Crippen LogP contribution < -0.4 is 5.73 Å². The van der Waals surface area contributed by atoms with Crippen molar-refractivity contribution in [1.29, 1.82) is 0 Å². The van der Waals surface area contributed by atoms with Crippen LogP contribution in [0.1, 0.15) is 38.7 Å². The van der Waals surface area contributed by atoms with Gasteiger partial charge in [-0.1, -0.05) is 24.6 Å². The lowest BCUT2D eigenvalue weighted by Gasteiger charge is -2.17. The SMILES string of the molecule is CC(C)(N)CCCCc1c[nH]c2ccccc12. The molecule has 0 aliphatic rings. The first kappa shape index (κ1) is 12.2. The number of hydrogen-bond donors (Lipinski definition) is 2. The molecule has 0 amide bonds. The third-order valence-corrected chi connectivity index (χ3v) is 3.19. The standard InChI is InChI=1S/C15H22N2/c1-15(2,16)10-6-5-7-12-11-17-14-9-4-3-8-13(12)14/h3-4,8-9,11,17H,5-7,10,16H2,1-2H3. The van der Waals surface area contributed by atoms with Gasteiger partial charge in [-0.05, 0) is 44.7 Å². The van der Waals surface area contributed by atoms with Crippen LogP contribution in [0, 0.1) is 0 Å². The van der Waals surface area contributed by atoms with Gasteiger partial charge in [-0.25, -0.2) is 0 Å². The minimum absolute atomic E-state index is 0.0276. The van der Waals surface area contributed by atoms with Crippen molar-refractivity contribution in [3.05, 3.63) is 36.0 Å². The first-order valence-electron chi connectivity index (χ1n) is 6.40. The fraction of sp³-hybridized carbons (Fsp3) is 0.467. The largest absolute Gasteiger partial charge is 0.361 e. The molecule has 0 bridgehead atoms. The molecule has 0 aliphatic carbocycles. The van der Waals surface area contributed by atoms with Crippen LogP contribution in [0.2, 0.25) is 0 Å². The minimum atomic E-state index is -0.0276. The number of benzene rings is 1. The molecule has 3 N–H and O–H groups in total. The van der Waals surface area contributed by atoms with Gasteiger partial charge in [0.05, 0.1) is 0 Å². The molecule has 0 aliphatic heterocycles. The second-order valence-electron chi connectivity index (χ2n) is 5.56. The molecule has 0 radical (unpaired) electrons. The third kappa shape index (κ3) is 3.34. The molecule has 17 heavy (non-hydrogen) atoms. The normalized spacial score (nSPS) is 12.2. The first-order chi connectivity index (χ1) is 8.06. The summed E-state index contributed by atoms with van der Waals surface area (Å²) in [6.45, 7) is 4.19. The van der Waals surface area contributed by atoms with Crippen molar-refractivity contribution in [2.24, 2.45) is 5.73 Å². The quantitative estimate of drug-likeness (QED) is 0.757. The maximum absolute atomic E-state index is 5.98. The highest BCUT2D eigenvalue weighted by Gasteiger charge is 2.09. The summed E-state index contributed by atoms with van der Waals surface area (Å²) in [5, 5.41) is 1.36. The highest BCUT2D eigenvalue weighted by atomic mass is 14.7. The highest BCUT2D eigenvalue weighted by Crippen LogP contribution is 2.20. The van der Waals surface area contributed by atoms with Crippen LogP contribution in [-0.2, 0) is 6.42 Å². The van der Waals surface area contributed by atoms with E-state index in [-0.39, 0.29) is 5.54 Å². The summed E-state index contributed by atoms with van der Waals surface area (Å²) in [4.78, 5) is 3.32. The van der Waals surface area contributed by atoms with Crippen molar-refractivity contribution in [2.45, 2.75) is 45.1 Å². The molecule has 2 nitrogen and oxygen atoms in total. The average molecular weight is 230 g/mol. The topological polar surface area (TPSA) is 41.8 Å². The molecule has 0 fully saturated rings. The zero-order chi connectivity index (χ0) is 12.3. The van der Waals surface area contributed by atoms with Crippen LogP contribution in [0.3, 0.4) is 0 Å². The van der Waals surface area contributed by atoms with Crippen LogP contribution in [0.4, 0.5) is 0 Å². The number of aromatic amines is 1. The molecule has 0 spiro atoms. The van der Waals surface area contributed by atoms with E-state index in [1.54, 1.807) is 0 Å². The minimum Gasteiger partial charge on any atom is -0.361 e. The van der Waals surface area contributed by atoms with Crippen molar-refractivity contribution in [3.63, 3.8) is 0 Å². The lowest BCUT2D eigenvalue weighted by molar-refractivity contribution is 0.450. The number of aromatic nitrogens is 1. The van der Waals surface area contributed by atoms with Gasteiger partial charge in [0.15, 0.2) is 0 Å². The molecule has 0 saturated heterocycles. The van der Waals surface area contributed by atoms with Gasteiger partial charge >= 0.3 is 0 Å². The van der Waals surface area contributed by atoms with E-state index in [4.69, 9.17) is 5.73 Å². The summed E-state index contributed by atoms with van der Waals surface area (Å²) in [5.74, 6) is 0. The fourth-order valence-corrected chi connectivity index (χ4v) is 2.23. The monoisotopic (exact) mass is 230 g/mol. The second-order valence-corrected chi connectivity index (χ2v) is 5.56. The second kappa shape index (κ2) is 4.92. The van der Waals surface area contributed by atoms with E-state index in [0.29, 0.717) is 0 Å². The van der Waals surface area contributed by atoms with E-state index < -0.39 is 0 Å². The van der Waals surface area contributed by atoms with E-state index in [0.717, 1.165) is 12.8 Å². The lowest BCUT2D eigenvalue weighted by atomic mass is 9.97. The summed E-state index contributed by atoms with van der Waals surface area (Å²) in [6.07, 6.45) is 6.78. The van der Waals surface area contributed by atoms with E-state index in [1.807, 2.05) is 0 Å². The van der Waals surface area contributed by atoms with Crippen LogP contribution >= 0.6 is 0 Å². The number of unbranched alkanes of at least 4 members (excludes halogenated alkanes) is 1. The molecule has 2 heteroatoms. The van der Waals surface area contributed by atoms with Crippen molar-refractivity contribution < 1.29 is 0 Å². The molecule has 2 aromatic rings. The van der Waals surface area contributed by atoms with Gasteiger partial charge in [0.25, 0.3) is 0 Å². The molecule has 2 rings (SSSR count). The Kier molecular flexibility index (Phi) is 3.53. The lowest BCUT2D eigenvalue weighted by Crippen LogP contribution is -2.31. The average Bonchev–Trinajstić information content (AvgIpc) is 2.67. The van der Waals surface area contributed by atoms with Crippen LogP contribution in [0.15, 0.2) is 30.5 Å². The van der Waals surface area contributed by atoms with Gasteiger partial charge in [-0.2, -0.15) is 0 Å². The van der Waals surface area contributed by atoms with Gasteiger partial charge in [0, 0.05) is 22.6 Å². The number of nitrogens with two attached hydrogens (primary N) is 1. The highest BCUT2D eigenvalue weighted by molar-refractivity contribution is 5.82. The molecular weight excluding hydrogens is 208 g/mol. The maximum atomic E-state index is 5.98. The predicted octanol–water partition coefficient (Wildman–Crippen LogP) is 3.62. The zero-order valence-electron chi connectivity index (χ0n) is 10.8. The van der Waals surface area contributed by atoms with Crippen LogP contribution in [0.5, 0.6) is 0 Å². The number of rotatable bonds is 5. The number of para-hydroxylation sites is 1. The molecule has 0 unspecified atom stereocenters. The first-order valence-corrected chi connectivity index (χ1v) is 6.40. The maximum Gasteiger partial charge on any atom is 0.0456 e. The summed E-state index contributed by atoms with van der Waals surface area (Å²) >= 11 is 0. The van der Waals surface area contributed by atoms with Gasteiger partial charge in [0.1, 0.15) is 0 Å². The smallest absolute Gasteiger partial charge is 0.0456 e. The summed E-state index contributed by atoms with van der Waals surface area (Å²) in [5.41, 5.74) is 8.62. The van der Waals surface area contributed by atoms with E-state index >= 15 is 0 Å². The van der Waals surface area contributed by atoms with Crippen LogP contribution in [-0.4, -0.2) is 10.5 Å². The molecule has 1 heterocycles. The Morgan fingerprint density at radius 2 is 1.94 bits per heavy atom. The van der Waals surface area contributed by atoms with E-state index in [9.17, 15) is 0 Å². The van der Waals surface area contributed by atoms with Crippen molar-refractivity contribution in [1.82, 2.24) is 4.98 Å². The predicted molar refractivity (Wildman–Crippen MR) is 74.1 cm³/mol. The molecule has 0 atom stereocenters. The molecule has 1 aromatic heterocycles. The molecule has 92 valence electrons. The Bertz CT molecular complexity index is 477. The summed E-state index contributed by atoms with van der Waals surface area (Å²) in [6, 6.07) is 8.48. The number of H-pyrrole nitrogens is 1. The molecular formula is C15H22N2. The summed E-state index contributed by atoms with van der Waals surface area (Å²) in [7, 11) is 0. The van der Waals surface area contributed by atoms with Gasteiger partial charge in [-0.15, -0.1) is 0 Å². The number of hydrogen-bond acceptors (Lipinski definition) is 1. The molecule has 0 saturated carbocycles. The van der Waals surface area contributed by atoms with Crippen molar-refractivity contribution in [2.75, 3.05) is 0 Å². The summed E-state index contributed by atoms with van der Waals surface area (Å²) < 4.78 is 0. The Morgan fingerprint density at radius 1 is 1.18 bits per heavy atom. The van der Waals surface area contributed by atoms with Crippen molar-refractivity contribution in [3.8, 4) is 0 Å².